The minimum absolute atomic E-state index is 0.249. The summed E-state index contributed by atoms with van der Waals surface area (Å²) in [6.45, 7) is 0.390. The first-order valence-electron chi connectivity index (χ1n) is 8.52. The number of halogens is 2. The van der Waals surface area contributed by atoms with Gasteiger partial charge in [0, 0.05) is 11.4 Å². The Hall–Kier alpha value is -1.71. The molecule has 0 radical (unpaired) electrons. The fraction of sp³-hybridized carbons (Fsp3) is 0.350. The van der Waals surface area contributed by atoms with Crippen LogP contribution >= 0.6 is 23.2 Å². The molecule has 0 bridgehead atoms. The van der Waals surface area contributed by atoms with Crippen LogP contribution in [0.15, 0.2) is 36.4 Å². The number of rotatable bonds is 6. The SMILES string of the molecule is O=C(CCCOc1ccc(Cl)cc1Cl)Oc1ccc2c(c1)CCCC2. The number of carbonyl (C=O) groups is 1. The van der Waals surface area contributed by atoms with Crippen molar-refractivity contribution in [3.63, 3.8) is 0 Å². The summed E-state index contributed by atoms with van der Waals surface area (Å²) in [5.74, 6) is 0.947. The number of ether oxygens (including phenoxy) is 2. The van der Waals surface area contributed by atoms with E-state index in [1.54, 1.807) is 18.2 Å². The molecule has 0 unspecified atom stereocenters. The highest BCUT2D eigenvalue weighted by molar-refractivity contribution is 6.35. The molecular formula is C20H20Cl2O3. The van der Waals surface area contributed by atoms with E-state index in [4.69, 9.17) is 32.7 Å². The van der Waals surface area contributed by atoms with Crippen LogP contribution in [-0.2, 0) is 17.6 Å². The van der Waals surface area contributed by atoms with Gasteiger partial charge in [-0.1, -0.05) is 29.3 Å². The molecule has 0 spiro atoms. The lowest BCUT2D eigenvalue weighted by Crippen LogP contribution is -2.11. The van der Waals surface area contributed by atoms with Crippen molar-refractivity contribution in [3.8, 4) is 11.5 Å². The lowest BCUT2D eigenvalue weighted by Gasteiger charge is -2.16. The standard InChI is InChI=1S/C20H20Cl2O3/c21-16-8-10-19(18(22)13-16)24-11-3-6-20(23)25-17-9-7-14-4-1-2-5-15(14)12-17/h7-10,12-13H,1-6,11H2. The average Bonchev–Trinajstić information content (AvgIpc) is 2.60. The highest BCUT2D eigenvalue weighted by Gasteiger charge is 2.12. The Kier molecular flexibility index (Phi) is 6.22. The summed E-state index contributed by atoms with van der Waals surface area (Å²) in [5.41, 5.74) is 2.68. The van der Waals surface area contributed by atoms with Crippen molar-refractivity contribution >= 4 is 29.2 Å². The maximum absolute atomic E-state index is 12.0. The molecule has 132 valence electrons. The predicted molar refractivity (Wildman–Crippen MR) is 99.9 cm³/mol. The van der Waals surface area contributed by atoms with E-state index in [0.717, 1.165) is 12.8 Å². The fourth-order valence-electron chi connectivity index (χ4n) is 2.95. The Balaban J connectivity index is 1.43. The largest absolute Gasteiger partial charge is 0.492 e. The van der Waals surface area contributed by atoms with E-state index in [9.17, 15) is 4.79 Å². The molecule has 0 amide bonds. The maximum atomic E-state index is 12.0. The Bertz CT molecular complexity index is 759. The van der Waals surface area contributed by atoms with Crippen molar-refractivity contribution in [3.05, 3.63) is 57.6 Å². The van der Waals surface area contributed by atoms with Crippen LogP contribution in [0.3, 0.4) is 0 Å². The van der Waals surface area contributed by atoms with Crippen LogP contribution in [0.1, 0.15) is 36.8 Å². The molecule has 2 aromatic rings. The molecular weight excluding hydrogens is 359 g/mol. The molecule has 0 saturated heterocycles. The molecule has 2 aromatic carbocycles. The van der Waals surface area contributed by atoms with E-state index in [2.05, 4.69) is 6.07 Å². The van der Waals surface area contributed by atoms with Crippen LogP contribution in [0, 0.1) is 0 Å². The van der Waals surface area contributed by atoms with Crippen molar-refractivity contribution in [1.29, 1.82) is 0 Å². The van der Waals surface area contributed by atoms with Crippen LogP contribution in [0.4, 0.5) is 0 Å². The number of hydrogen-bond donors (Lipinski definition) is 0. The summed E-state index contributed by atoms with van der Waals surface area (Å²) < 4.78 is 11.0. The highest BCUT2D eigenvalue weighted by Crippen LogP contribution is 2.28. The van der Waals surface area contributed by atoms with Gasteiger partial charge in [-0.05, 0) is 73.6 Å². The predicted octanol–water partition coefficient (Wildman–Crippen LogP) is 5.64. The minimum atomic E-state index is -0.249. The van der Waals surface area contributed by atoms with E-state index in [1.807, 2.05) is 12.1 Å². The van der Waals surface area contributed by atoms with Crippen LogP contribution in [0.2, 0.25) is 10.0 Å². The molecule has 0 aliphatic heterocycles. The molecule has 1 aliphatic carbocycles. The van der Waals surface area contributed by atoms with Gasteiger partial charge in [0.15, 0.2) is 0 Å². The van der Waals surface area contributed by atoms with E-state index in [0.29, 0.717) is 41.0 Å². The van der Waals surface area contributed by atoms with Crippen LogP contribution in [-0.4, -0.2) is 12.6 Å². The van der Waals surface area contributed by atoms with Gasteiger partial charge in [-0.15, -0.1) is 0 Å². The summed E-state index contributed by atoms with van der Waals surface area (Å²) in [5, 5.41) is 1.02. The molecule has 0 N–H and O–H groups in total. The third-order valence-electron chi connectivity index (χ3n) is 4.23. The smallest absolute Gasteiger partial charge is 0.311 e. The third-order valence-corrected chi connectivity index (χ3v) is 4.76. The molecule has 0 atom stereocenters. The average molecular weight is 379 g/mol. The first-order valence-corrected chi connectivity index (χ1v) is 9.28. The number of carbonyl (C=O) groups excluding carboxylic acids is 1. The quantitative estimate of drug-likeness (QED) is 0.370. The normalized spacial score (nSPS) is 13.2. The van der Waals surface area contributed by atoms with E-state index >= 15 is 0 Å². The zero-order valence-electron chi connectivity index (χ0n) is 13.9. The summed E-state index contributed by atoms with van der Waals surface area (Å²) in [6, 6.07) is 11.0. The lowest BCUT2D eigenvalue weighted by atomic mass is 9.92. The third kappa shape index (κ3) is 5.13. The Morgan fingerprint density at radius 1 is 1.00 bits per heavy atom. The zero-order valence-corrected chi connectivity index (χ0v) is 15.4. The van der Waals surface area contributed by atoms with Crippen molar-refractivity contribution in [2.24, 2.45) is 0 Å². The molecule has 3 nitrogen and oxygen atoms in total. The summed E-state index contributed by atoms with van der Waals surface area (Å²) in [7, 11) is 0. The molecule has 0 fully saturated rings. The number of hydrogen-bond acceptors (Lipinski definition) is 3. The summed E-state index contributed by atoms with van der Waals surface area (Å²) in [4.78, 5) is 12.0. The number of aryl methyl sites for hydroxylation is 2. The minimum Gasteiger partial charge on any atom is -0.492 e. The van der Waals surface area contributed by atoms with Gasteiger partial charge in [0.25, 0.3) is 0 Å². The second-order valence-corrected chi connectivity index (χ2v) is 6.98. The fourth-order valence-corrected chi connectivity index (χ4v) is 3.41. The van der Waals surface area contributed by atoms with Gasteiger partial charge in [-0.3, -0.25) is 4.79 Å². The van der Waals surface area contributed by atoms with Crippen molar-refractivity contribution < 1.29 is 14.3 Å². The van der Waals surface area contributed by atoms with Crippen LogP contribution in [0.5, 0.6) is 11.5 Å². The molecule has 0 heterocycles. The number of esters is 1. The number of fused-ring (bicyclic) bond motifs is 1. The molecule has 5 heteroatoms. The highest BCUT2D eigenvalue weighted by atomic mass is 35.5. The zero-order chi connectivity index (χ0) is 17.6. The van der Waals surface area contributed by atoms with E-state index in [-0.39, 0.29) is 5.97 Å². The molecule has 0 aromatic heterocycles. The number of benzene rings is 2. The van der Waals surface area contributed by atoms with Gasteiger partial charge in [0.2, 0.25) is 0 Å². The van der Waals surface area contributed by atoms with Gasteiger partial charge in [0.1, 0.15) is 11.5 Å². The second kappa shape index (κ2) is 8.59. The van der Waals surface area contributed by atoms with E-state index in [1.165, 1.54) is 24.0 Å². The van der Waals surface area contributed by atoms with Gasteiger partial charge in [-0.25, -0.2) is 0 Å². The Morgan fingerprint density at radius 2 is 1.80 bits per heavy atom. The Labute approximate surface area is 157 Å². The van der Waals surface area contributed by atoms with Gasteiger partial charge in [0.05, 0.1) is 11.6 Å². The second-order valence-electron chi connectivity index (χ2n) is 6.14. The monoisotopic (exact) mass is 378 g/mol. The van der Waals surface area contributed by atoms with Crippen molar-refractivity contribution in [2.45, 2.75) is 38.5 Å². The van der Waals surface area contributed by atoms with Crippen molar-refractivity contribution in [1.82, 2.24) is 0 Å². The van der Waals surface area contributed by atoms with Gasteiger partial charge < -0.3 is 9.47 Å². The van der Waals surface area contributed by atoms with Crippen LogP contribution in [0.25, 0.3) is 0 Å². The molecule has 3 rings (SSSR count). The van der Waals surface area contributed by atoms with Gasteiger partial charge in [-0.2, -0.15) is 0 Å². The Morgan fingerprint density at radius 3 is 2.60 bits per heavy atom. The first-order chi connectivity index (χ1) is 12.1. The van der Waals surface area contributed by atoms with E-state index < -0.39 is 0 Å². The van der Waals surface area contributed by atoms with Gasteiger partial charge >= 0.3 is 5.97 Å². The molecule has 1 aliphatic rings. The maximum Gasteiger partial charge on any atom is 0.311 e. The molecule has 25 heavy (non-hydrogen) atoms. The summed E-state index contributed by atoms with van der Waals surface area (Å²) >= 11 is 11.9. The van der Waals surface area contributed by atoms with Crippen LogP contribution < -0.4 is 9.47 Å². The first kappa shape index (κ1) is 18.1. The molecule has 0 saturated carbocycles. The lowest BCUT2D eigenvalue weighted by molar-refractivity contribution is -0.134. The van der Waals surface area contributed by atoms with Crippen molar-refractivity contribution in [2.75, 3.05) is 6.61 Å². The topological polar surface area (TPSA) is 35.5 Å². The summed E-state index contributed by atoms with van der Waals surface area (Å²) in [6.07, 6.45) is 5.48.